The van der Waals surface area contributed by atoms with Crippen molar-refractivity contribution in [2.75, 3.05) is 17.6 Å². The highest BCUT2D eigenvalue weighted by Crippen LogP contribution is 2.37. The van der Waals surface area contributed by atoms with Crippen molar-refractivity contribution < 1.29 is 27.4 Å². The lowest BCUT2D eigenvalue weighted by Crippen LogP contribution is -2.39. The lowest BCUT2D eigenvalue weighted by Gasteiger charge is -2.26. The van der Waals surface area contributed by atoms with E-state index in [0.717, 1.165) is 4.31 Å². The third kappa shape index (κ3) is 4.13. The zero-order valence-corrected chi connectivity index (χ0v) is 18.3. The molecule has 31 heavy (non-hydrogen) atoms. The molecule has 0 fully saturated rings. The predicted molar refractivity (Wildman–Crippen MR) is 111 cm³/mol. The van der Waals surface area contributed by atoms with Crippen LogP contribution in [0.25, 0.3) is 5.65 Å². The van der Waals surface area contributed by atoms with Crippen LogP contribution in [0.1, 0.15) is 26.6 Å². The van der Waals surface area contributed by atoms with E-state index in [9.17, 15) is 13.2 Å². The normalized spacial score (nSPS) is 13.4. The molecule has 164 valence electrons. The van der Waals surface area contributed by atoms with Crippen molar-refractivity contribution in [3.05, 3.63) is 42.4 Å². The highest BCUT2D eigenvalue weighted by molar-refractivity contribution is 7.92. The number of rotatable bonds is 5. The number of benzene rings is 1. The molecule has 2 aromatic heterocycles. The average molecular weight is 446 g/mol. The zero-order chi connectivity index (χ0) is 22.4. The number of aromatic nitrogens is 3. The molecule has 0 bridgehead atoms. The van der Waals surface area contributed by atoms with Crippen molar-refractivity contribution in [3.63, 3.8) is 0 Å². The molecule has 0 radical (unpaired) electrons. The molecule has 1 aromatic carbocycles. The molecule has 0 saturated carbocycles. The van der Waals surface area contributed by atoms with Gasteiger partial charge in [0, 0.05) is 12.3 Å². The van der Waals surface area contributed by atoms with E-state index in [2.05, 4.69) is 10.2 Å². The highest BCUT2D eigenvalue weighted by Gasteiger charge is 2.31. The number of pyridine rings is 1. The summed E-state index contributed by atoms with van der Waals surface area (Å²) in [4.78, 5) is 12.5. The first kappa shape index (κ1) is 20.9. The van der Waals surface area contributed by atoms with Gasteiger partial charge in [-0.25, -0.2) is 8.42 Å². The highest BCUT2D eigenvalue weighted by atomic mass is 32.2. The molecule has 1 aliphatic heterocycles. The second kappa shape index (κ2) is 7.41. The summed E-state index contributed by atoms with van der Waals surface area (Å²) in [7, 11) is -4.15. The van der Waals surface area contributed by atoms with E-state index in [0.29, 0.717) is 23.0 Å². The number of esters is 1. The summed E-state index contributed by atoms with van der Waals surface area (Å²) in [6.07, 6.45) is 1.43. The molecule has 0 saturated heterocycles. The maximum absolute atomic E-state index is 13.6. The van der Waals surface area contributed by atoms with Gasteiger partial charge in [-0.2, -0.15) is 0 Å². The summed E-state index contributed by atoms with van der Waals surface area (Å²) in [6, 6.07) is 7.65. The molecule has 1 aliphatic rings. The van der Waals surface area contributed by atoms with E-state index in [1.165, 1.54) is 18.3 Å². The average Bonchev–Trinajstić information content (AvgIpc) is 3.30. The minimum absolute atomic E-state index is 0.0240. The number of ether oxygens (including phenoxy) is 3. The summed E-state index contributed by atoms with van der Waals surface area (Å²) in [5.74, 6) is 0.746. The van der Waals surface area contributed by atoms with Crippen LogP contribution in [0.2, 0.25) is 0 Å². The summed E-state index contributed by atoms with van der Waals surface area (Å²) < 4.78 is 45.8. The molecule has 0 atom stereocenters. The zero-order valence-electron chi connectivity index (χ0n) is 17.5. The quantitative estimate of drug-likeness (QED) is 0.549. The molecule has 3 aromatic rings. The van der Waals surface area contributed by atoms with Crippen LogP contribution in [0.5, 0.6) is 11.5 Å². The van der Waals surface area contributed by atoms with Crippen LogP contribution >= 0.6 is 0 Å². The minimum atomic E-state index is -4.15. The molecule has 0 amide bonds. The van der Waals surface area contributed by atoms with E-state index >= 15 is 0 Å². The molecule has 10 nitrogen and oxygen atoms in total. The molecular formula is C20H22N4O6S. The van der Waals surface area contributed by atoms with Crippen LogP contribution in [0, 0.1) is 6.92 Å². The Kier molecular flexibility index (Phi) is 5.00. The summed E-state index contributed by atoms with van der Waals surface area (Å²) >= 11 is 0. The van der Waals surface area contributed by atoms with Gasteiger partial charge in [0.05, 0.1) is 5.69 Å². The van der Waals surface area contributed by atoms with Crippen LogP contribution in [-0.4, -0.2) is 47.9 Å². The van der Waals surface area contributed by atoms with Gasteiger partial charge in [0.15, 0.2) is 17.1 Å². The van der Waals surface area contributed by atoms with Crippen molar-refractivity contribution in [1.82, 2.24) is 14.6 Å². The van der Waals surface area contributed by atoms with Gasteiger partial charge in [-0.1, -0.05) is 0 Å². The predicted octanol–water partition coefficient (Wildman–Crippen LogP) is 2.30. The van der Waals surface area contributed by atoms with Crippen LogP contribution in [0.3, 0.4) is 0 Å². The summed E-state index contributed by atoms with van der Waals surface area (Å²) in [5, 5.41) is 7.92. The van der Waals surface area contributed by atoms with Crippen LogP contribution in [0.4, 0.5) is 5.69 Å². The van der Waals surface area contributed by atoms with Gasteiger partial charge < -0.3 is 14.2 Å². The Morgan fingerprint density at radius 3 is 2.65 bits per heavy atom. The van der Waals surface area contributed by atoms with Crippen molar-refractivity contribution in [2.45, 2.75) is 38.2 Å². The molecule has 0 N–H and O–H groups in total. The Labute approximate surface area is 179 Å². The topological polar surface area (TPSA) is 112 Å². The Hall–Kier alpha value is -3.34. The number of carbonyl (C=O) groups is 1. The number of nitrogens with zero attached hydrogens (tertiary/aromatic N) is 4. The van der Waals surface area contributed by atoms with Gasteiger partial charge in [0.1, 0.15) is 22.9 Å². The second-order valence-electron chi connectivity index (χ2n) is 7.98. The third-order valence-corrected chi connectivity index (χ3v) is 6.23. The van der Waals surface area contributed by atoms with Crippen LogP contribution in [-0.2, 0) is 19.6 Å². The summed E-state index contributed by atoms with van der Waals surface area (Å²) in [5.41, 5.74) is -0.00574. The maximum Gasteiger partial charge on any atom is 0.327 e. The maximum atomic E-state index is 13.6. The van der Waals surface area contributed by atoms with Crippen molar-refractivity contribution >= 4 is 27.3 Å². The standard InChI is InChI=1S/C20H22N4O6S/c1-13-21-22-18-8-6-15(10-23(13)18)31(26,27)24(11-19(25)30-20(2,3)4)14-5-7-16-17(9-14)29-12-28-16/h5-10H,11-12H2,1-4H3. The number of sulfonamides is 1. The lowest BCUT2D eigenvalue weighted by atomic mass is 10.2. The molecule has 11 heteroatoms. The largest absolute Gasteiger partial charge is 0.459 e. The van der Waals surface area contributed by atoms with E-state index in [4.69, 9.17) is 14.2 Å². The Bertz CT molecular complexity index is 1260. The van der Waals surface area contributed by atoms with E-state index in [1.807, 2.05) is 0 Å². The number of hydrogen-bond donors (Lipinski definition) is 0. The second-order valence-corrected chi connectivity index (χ2v) is 9.84. The number of carbonyl (C=O) groups excluding carboxylic acids is 1. The number of aryl methyl sites for hydroxylation is 1. The molecular weight excluding hydrogens is 424 g/mol. The van der Waals surface area contributed by atoms with E-state index < -0.39 is 28.1 Å². The number of anilines is 1. The van der Waals surface area contributed by atoms with Gasteiger partial charge >= 0.3 is 5.97 Å². The molecule has 4 rings (SSSR count). The van der Waals surface area contributed by atoms with Crippen molar-refractivity contribution in [3.8, 4) is 11.5 Å². The van der Waals surface area contributed by atoms with Crippen LogP contribution in [0.15, 0.2) is 41.4 Å². The Morgan fingerprint density at radius 1 is 1.16 bits per heavy atom. The smallest absolute Gasteiger partial charge is 0.327 e. The van der Waals surface area contributed by atoms with Crippen molar-refractivity contribution in [1.29, 1.82) is 0 Å². The third-order valence-electron chi connectivity index (χ3n) is 4.47. The van der Waals surface area contributed by atoms with Crippen molar-refractivity contribution in [2.24, 2.45) is 0 Å². The monoisotopic (exact) mass is 446 g/mol. The van der Waals surface area contributed by atoms with E-state index in [1.54, 1.807) is 50.3 Å². The SMILES string of the molecule is Cc1nnc2ccc(S(=O)(=O)N(CC(=O)OC(C)(C)C)c3ccc4c(c3)OCO4)cn12. The van der Waals surface area contributed by atoms with E-state index in [-0.39, 0.29) is 17.4 Å². The first-order chi connectivity index (χ1) is 14.5. The molecule has 3 heterocycles. The Morgan fingerprint density at radius 2 is 1.90 bits per heavy atom. The summed E-state index contributed by atoms with van der Waals surface area (Å²) in [6.45, 7) is 6.39. The fourth-order valence-corrected chi connectivity index (χ4v) is 4.51. The molecule has 0 unspecified atom stereocenters. The first-order valence-electron chi connectivity index (χ1n) is 9.50. The fraction of sp³-hybridized carbons (Fsp3) is 0.350. The minimum Gasteiger partial charge on any atom is -0.459 e. The van der Waals surface area contributed by atoms with Gasteiger partial charge in [-0.3, -0.25) is 13.5 Å². The van der Waals surface area contributed by atoms with Gasteiger partial charge in [-0.15, -0.1) is 10.2 Å². The molecule has 0 spiro atoms. The van der Waals surface area contributed by atoms with Gasteiger partial charge in [0.2, 0.25) is 6.79 Å². The van der Waals surface area contributed by atoms with Gasteiger partial charge in [0.25, 0.3) is 10.0 Å². The van der Waals surface area contributed by atoms with Crippen LogP contribution < -0.4 is 13.8 Å². The van der Waals surface area contributed by atoms with Gasteiger partial charge in [-0.05, 0) is 52.0 Å². The number of hydrogen-bond acceptors (Lipinski definition) is 8. The lowest BCUT2D eigenvalue weighted by molar-refractivity contribution is -0.152. The molecule has 0 aliphatic carbocycles. The number of fused-ring (bicyclic) bond motifs is 2. The first-order valence-corrected chi connectivity index (χ1v) is 10.9. The Balaban J connectivity index is 1.78. The fourth-order valence-electron chi connectivity index (χ4n) is 3.11.